The largest absolute Gasteiger partial charge is 0.310 e. The predicted octanol–water partition coefficient (Wildman–Crippen LogP) is 0.508. The summed E-state index contributed by atoms with van der Waals surface area (Å²) in [6, 6.07) is 0.577. The Hall–Kier alpha value is -0.970. The fourth-order valence-electron chi connectivity index (χ4n) is 1.31. The van der Waals surface area contributed by atoms with Crippen molar-refractivity contribution in [3.63, 3.8) is 0 Å². The monoisotopic (exact) mass is 181 g/mol. The third-order valence-electron chi connectivity index (χ3n) is 2.16. The number of nitrogens with one attached hydrogen (secondary N) is 1. The SMILES string of the molecule is CCCNCc1nnnn1C1CC1. The highest BCUT2D eigenvalue weighted by atomic mass is 15.6. The van der Waals surface area contributed by atoms with E-state index in [2.05, 4.69) is 27.8 Å². The molecule has 0 radical (unpaired) electrons. The lowest BCUT2D eigenvalue weighted by Crippen LogP contribution is -2.17. The van der Waals surface area contributed by atoms with Crippen molar-refractivity contribution >= 4 is 0 Å². The molecule has 5 nitrogen and oxygen atoms in total. The van der Waals surface area contributed by atoms with Gasteiger partial charge in [0.15, 0.2) is 5.82 Å². The molecule has 0 amide bonds. The topological polar surface area (TPSA) is 55.6 Å². The van der Waals surface area contributed by atoms with Crippen LogP contribution in [-0.4, -0.2) is 26.8 Å². The Labute approximate surface area is 77.5 Å². The van der Waals surface area contributed by atoms with Crippen LogP contribution in [0.15, 0.2) is 0 Å². The molecule has 0 aromatic carbocycles. The van der Waals surface area contributed by atoms with Gasteiger partial charge in [-0.3, -0.25) is 0 Å². The van der Waals surface area contributed by atoms with Gasteiger partial charge in [-0.05, 0) is 36.2 Å². The Morgan fingerprint density at radius 3 is 3.08 bits per heavy atom. The van der Waals surface area contributed by atoms with Crippen molar-refractivity contribution in [2.75, 3.05) is 6.54 Å². The number of hydrogen-bond acceptors (Lipinski definition) is 4. The van der Waals surface area contributed by atoms with Crippen LogP contribution in [0.5, 0.6) is 0 Å². The molecule has 13 heavy (non-hydrogen) atoms. The highest BCUT2D eigenvalue weighted by Gasteiger charge is 2.27. The summed E-state index contributed by atoms with van der Waals surface area (Å²) in [7, 11) is 0. The van der Waals surface area contributed by atoms with Gasteiger partial charge in [0.1, 0.15) is 0 Å². The van der Waals surface area contributed by atoms with Crippen LogP contribution in [0.2, 0.25) is 0 Å². The van der Waals surface area contributed by atoms with Crippen LogP contribution < -0.4 is 5.32 Å². The summed E-state index contributed by atoms with van der Waals surface area (Å²) in [5.74, 6) is 0.968. The van der Waals surface area contributed by atoms with Crippen molar-refractivity contribution in [1.29, 1.82) is 0 Å². The number of tetrazole rings is 1. The van der Waals surface area contributed by atoms with Crippen molar-refractivity contribution < 1.29 is 0 Å². The fourth-order valence-corrected chi connectivity index (χ4v) is 1.31. The lowest BCUT2D eigenvalue weighted by molar-refractivity contribution is 0.553. The van der Waals surface area contributed by atoms with Gasteiger partial charge in [-0.2, -0.15) is 0 Å². The molecule has 0 bridgehead atoms. The van der Waals surface area contributed by atoms with E-state index < -0.39 is 0 Å². The second kappa shape index (κ2) is 3.83. The van der Waals surface area contributed by atoms with Gasteiger partial charge in [0.05, 0.1) is 12.6 Å². The molecule has 72 valence electrons. The van der Waals surface area contributed by atoms with Gasteiger partial charge in [-0.25, -0.2) is 4.68 Å². The Morgan fingerprint density at radius 2 is 2.38 bits per heavy atom. The molecule has 0 spiro atoms. The number of aromatic nitrogens is 4. The summed E-state index contributed by atoms with van der Waals surface area (Å²) in [5, 5.41) is 14.9. The molecule has 0 aliphatic heterocycles. The third-order valence-corrected chi connectivity index (χ3v) is 2.16. The molecular weight excluding hydrogens is 166 g/mol. The van der Waals surface area contributed by atoms with E-state index in [1.54, 1.807) is 0 Å². The quantitative estimate of drug-likeness (QED) is 0.672. The van der Waals surface area contributed by atoms with Crippen molar-refractivity contribution in [3.05, 3.63) is 5.82 Å². The molecule has 5 heteroatoms. The smallest absolute Gasteiger partial charge is 0.165 e. The normalized spacial score (nSPS) is 16.4. The van der Waals surface area contributed by atoms with E-state index in [4.69, 9.17) is 0 Å². The highest BCUT2D eigenvalue weighted by Crippen LogP contribution is 2.34. The average molecular weight is 181 g/mol. The van der Waals surface area contributed by atoms with Crippen LogP contribution in [-0.2, 0) is 6.54 Å². The number of hydrogen-bond donors (Lipinski definition) is 1. The van der Waals surface area contributed by atoms with E-state index in [1.165, 1.54) is 12.8 Å². The van der Waals surface area contributed by atoms with Crippen LogP contribution in [0.3, 0.4) is 0 Å². The molecule has 0 saturated heterocycles. The molecule has 0 atom stereocenters. The van der Waals surface area contributed by atoms with Crippen molar-refractivity contribution in [2.45, 2.75) is 38.8 Å². The molecule has 1 aromatic rings. The maximum Gasteiger partial charge on any atom is 0.165 e. The first-order valence-corrected chi connectivity index (χ1v) is 4.89. The fraction of sp³-hybridized carbons (Fsp3) is 0.875. The maximum atomic E-state index is 3.99. The van der Waals surface area contributed by atoms with E-state index in [-0.39, 0.29) is 0 Å². The standard InChI is InChI=1S/C8H15N5/c1-2-5-9-6-8-10-11-12-13(8)7-3-4-7/h7,9H,2-6H2,1H3. The van der Waals surface area contributed by atoms with Gasteiger partial charge in [0, 0.05) is 0 Å². The molecule has 1 aromatic heterocycles. The van der Waals surface area contributed by atoms with Gasteiger partial charge in [0.25, 0.3) is 0 Å². The predicted molar refractivity (Wildman–Crippen MR) is 48.1 cm³/mol. The zero-order valence-corrected chi connectivity index (χ0v) is 7.90. The molecule has 1 N–H and O–H groups in total. The number of nitrogens with zero attached hydrogens (tertiary/aromatic N) is 4. The van der Waals surface area contributed by atoms with Crippen molar-refractivity contribution in [1.82, 2.24) is 25.5 Å². The first-order valence-electron chi connectivity index (χ1n) is 4.89. The van der Waals surface area contributed by atoms with Crippen LogP contribution in [0.25, 0.3) is 0 Å². The van der Waals surface area contributed by atoms with E-state index in [0.717, 1.165) is 25.3 Å². The second-order valence-corrected chi connectivity index (χ2v) is 3.45. The maximum absolute atomic E-state index is 3.99. The molecule has 1 saturated carbocycles. The van der Waals surface area contributed by atoms with Crippen LogP contribution in [0.4, 0.5) is 0 Å². The summed E-state index contributed by atoms with van der Waals surface area (Å²) in [4.78, 5) is 0. The molecular formula is C8H15N5. The van der Waals surface area contributed by atoms with Gasteiger partial charge in [0.2, 0.25) is 0 Å². The Morgan fingerprint density at radius 1 is 1.54 bits per heavy atom. The summed E-state index contributed by atoms with van der Waals surface area (Å²) < 4.78 is 1.95. The molecule has 1 heterocycles. The lowest BCUT2D eigenvalue weighted by atomic mass is 10.4. The van der Waals surface area contributed by atoms with E-state index in [9.17, 15) is 0 Å². The minimum absolute atomic E-state index is 0.577. The first-order chi connectivity index (χ1) is 6.42. The van der Waals surface area contributed by atoms with Crippen molar-refractivity contribution in [2.24, 2.45) is 0 Å². The molecule has 1 aliphatic carbocycles. The molecule has 1 fully saturated rings. The van der Waals surface area contributed by atoms with Gasteiger partial charge in [-0.1, -0.05) is 6.92 Å². The van der Waals surface area contributed by atoms with Crippen LogP contribution in [0.1, 0.15) is 38.1 Å². The van der Waals surface area contributed by atoms with Gasteiger partial charge in [-0.15, -0.1) is 5.10 Å². The molecule has 2 rings (SSSR count). The van der Waals surface area contributed by atoms with E-state index >= 15 is 0 Å². The summed E-state index contributed by atoms with van der Waals surface area (Å²) in [5.41, 5.74) is 0. The zero-order valence-electron chi connectivity index (χ0n) is 7.90. The minimum Gasteiger partial charge on any atom is -0.310 e. The van der Waals surface area contributed by atoms with Crippen LogP contribution in [0, 0.1) is 0 Å². The zero-order chi connectivity index (χ0) is 9.10. The highest BCUT2D eigenvalue weighted by molar-refractivity contribution is 4.89. The summed E-state index contributed by atoms with van der Waals surface area (Å²) >= 11 is 0. The second-order valence-electron chi connectivity index (χ2n) is 3.45. The lowest BCUT2D eigenvalue weighted by Gasteiger charge is -2.02. The summed E-state index contributed by atoms with van der Waals surface area (Å²) in [6.45, 7) is 3.96. The Bertz CT molecular complexity index is 265. The average Bonchev–Trinajstić information content (AvgIpc) is 2.88. The number of rotatable bonds is 5. The molecule has 0 unspecified atom stereocenters. The van der Waals surface area contributed by atoms with E-state index in [0.29, 0.717) is 6.04 Å². The van der Waals surface area contributed by atoms with E-state index in [1.807, 2.05) is 4.68 Å². The third kappa shape index (κ3) is 2.03. The summed E-state index contributed by atoms with van der Waals surface area (Å²) in [6.07, 6.45) is 3.60. The molecule has 1 aliphatic rings. The van der Waals surface area contributed by atoms with Gasteiger partial charge >= 0.3 is 0 Å². The van der Waals surface area contributed by atoms with Gasteiger partial charge < -0.3 is 5.32 Å². The first kappa shape index (κ1) is 8.62. The Balaban J connectivity index is 1.90. The van der Waals surface area contributed by atoms with Crippen molar-refractivity contribution in [3.8, 4) is 0 Å². The Kier molecular flexibility index (Phi) is 2.54. The minimum atomic E-state index is 0.577. The van der Waals surface area contributed by atoms with Crippen LogP contribution >= 0.6 is 0 Å².